The average Bonchev–Trinajstić information content (AvgIpc) is 3.20. The van der Waals surface area contributed by atoms with E-state index in [1.165, 1.54) is 4.68 Å². The SMILES string of the molecule is CC[C@H](C(=O)Nc1cc(Cl)ccc1C)n1nc(-c2ccc(OC)cc2)c2c(C)onc2c1=O. The standard InChI is InChI=1S/C24H23ClN4O4/c1-5-19(23(30)26-18-12-16(25)9-6-13(18)2)29-24(31)22-20(14(3)33-28-22)21(27-29)15-7-10-17(32-4)11-8-15/h6-12,19H,5H2,1-4H3,(H,26,30)/t19-/m1/s1. The number of ether oxygens (including phenoxy) is 1. The highest BCUT2D eigenvalue weighted by Gasteiger charge is 2.26. The molecule has 0 saturated heterocycles. The van der Waals surface area contributed by atoms with Crippen LogP contribution in [0.25, 0.3) is 22.2 Å². The third-order valence-electron chi connectivity index (χ3n) is 5.52. The smallest absolute Gasteiger partial charge is 0.297 e. The Balaban J connectivity index is 1.83. The van der Waals surface area contributed by atoms with E-state index in [9.17, 15) is 9.59 Å². The van der Waals surface area contributed by atoms with Crippen molar-refractivity contribution in [1.82, 2.24) is 14.9 Å². The molecule has 0 spiro atoms. The number of halogens is 1. The topological polar surface area (TPSA) is 99.2 Å². The number of amides is 1. The highest BCUT2D eigenvalue weighted by molar-refractivity contribution is 6.31. The molecular formula is C24H23ClN4O4. The molecule has 1 atom stereocenters. The minimum Gasteiger partial charge on any atom is -0.497 e. The van der Waals surface area contributed by atoms with Crippen LogP contribution < -0.4 is 15.6 Å². The number of nitrogens with zero attached hydrogens (tertiary/aromatic N) is 3. The van der Waals surface area contributed by atoms with Crippen LogP contribution in [0.4, 0.5) is 5.69 Å². The maximum Gasteiger partial charge on any atom is 0.297 e. The van der Waals surface area contributed by atoms with Gasteiger partial charge in [-0.1, -0.05) is 29.7 Å². The van der Waals surface area contributed by atoms with Gasteiger partial charge in [-0.3, -0.25) is 9.59 Å². The van der Waals surface area contributed by atoms with Gasteiger partial charge in [0, 0.05) is 16.3 Å². The molecular weight excluding hydrogens is 444 g/mol. The summed E-state index contributed by atoms with van der Waals surface area (Å²) in [6.45, 7) is 5.40. The lowest BCUT2D eigenvalue weighted by atomic mass is 10.1. The molecule has 0 aliphatic heterocycles. The normalized spacial score (nSPS) is 12.0. The number of nitrogens with one attached hydrogen (secondary N) is 1. The zero-order valence-corrected chi connectivity index (χ0v) is 19.4. The third-order valence-corrected chi connectivity index (χ3v) is 5.76. The first kappa shape index (κ1) is 22.5. The van der Waals surface area contributed by atoms with Gasteiger partial charge in [-0.15, -0.1) is 0 Å². The second kappa shape index (κ2) is 9.07. The predicted octanol–water partition coefficient (Wildman–Crippen LogP) is 4.92. The van der Waals surface area contributed by atoms with Gasteiger partial charge in [0.15, 0.2) is 5.52 Å². The molecule has 170 valence electrons. The molecule has 9 heteroatoms. The molecule has 2 heterocycles. The Morgan fingerprint density at radius 2 is 1.94 bits per heavy atom. The highest BCUT2D eigenvalue weighted by atomic mass is 35.5. The summed E-state index contributed by atoms with van der Waals surface area (Å²) in [5, 5.41) is 12.5. The monoisotopic (exact) mass is 466 g/mol. The van der Waals surface area contributed by atoms with Crippen LogP contribution in [0.2, 0.25) is 5.02 Å². The van der Waals surface area contributed by atoms with E-state index in [-0.39, 0.29) is 11.4 Å². The third kappa shape index (κ3) is 4.21. The van der Waals surface area contributed by atoms with Crippen molar-refractivity contribution >= 4 is 34.1 Å². The zero-order valence-electron chi connectivity index (χ0n) is 18.7. The predicted molar refractivity (Wildman–Crippen MR) is 127 cm³/mol. The first-order valence-corrected chi connectivity index (χ1v) is 10.8. The van der Waals surface area contributed by atoms with E-state index in [2.05, 4.69) is 15.6 Å². The second-order valence-corrected chi connectivity index (χ2v) is 8.10. The molecule has 0 saturated carbocycles. The van der Waals surface area contributed by atoms with E-state index in [0.29, 0.717) is 39.7 Å². The number of carbonyl (C=O) groups excluding carboxylic acids is 1. The highest BCUT2D eigenvalue weighted by Crippen LogP contribution is 2.30. The second-order valence-electron chi connectivity index (χ2n) is 7.66. The van der Waals surface area contributed by atoms with Crippen molar-refractivity contribution in [3.63, 3.8) is 0 Å². The number of fused-ring (bicyclic) bond motifs is 1. The minimum atomic E-state index is -0.866. The minimum absolute atomic E-state index is 0.124. The summed E-state index contributed by atoms with van der Waals surface area (Å²) < 4.78 is 11.7. The Hall–Kier alpha value is -3.65. The zero-order chi connectivity index (χ0) is 23.7. The summed E-state index contributed by atoms with van der Waals surface area (Å²) in [5.41, 5.74) is 2.29. The number of hydrogen-bond donors (Lipinski definition) is 1. The quantitative estimate of drug-likeness (QED) is 0.433. The maximum atomic E-state index is 13.3. The van der Waals surface area contributed by atoms with Gasteiger partial charge in [-0.05, 0) is 62.2 Å². The van der Waals surface area contributed by atoms with E-state index >= 15 is 0 Å². The lowest BCUT2D eigenvalue weighted by Gasteiger charge is -2.19. The van der Waals surface area contributed by atoms with Gasteiger partial charge in [0.2, 0.25) is 5.91 Å². The molecule has 0 unspecified atom stereocenters. The van der Waals surface area contributed by atoms with Crippen molar-refractivity contribution in [3.8, 4) is 17.0 Å². The van der Waals surface area contributed by atoms with Gasteiger partial charge in [0.05, 0.1) is 12.5 Å². The number of hydrogen-bond acceptors (Lipinski definition) is 6. The molecule has 2 aromatic carbocycles. The van der Waals surface area contributed by atoms with Crippen LogP contribution in [-0.4, -0.2) is 28.0 Å². The summed E-state index contributed by atoms with van der Waals surface area (Å²) in [6.07, 6.45) is 0.336. The number of benzene rings is 2. The molecule has 2 aromatic heterocycles. The van der Waals surface area contributed by atoms with Crippen LogP contribution in [0.1, 0.15) is 30.7 Å². The van der Waals surface area contributed by atoms with Crippen molar-refractivity contribution in [2.24, 2.45) is 0 Å². The first-order chi connectivity index (χ1) is 15.8. The van der Waals surface area contributed by atoms with Gasteiger partial charge >= 0.3 is 0 Å². The molecule has 4 aromatic rings. The van der Waals surface area contributed by atoms with E-state index in [1.807, 2.05) is 32.0 Å². The molecule has 1 N–H and O–H groups in total. The maximum absolute atomic E-state index is 13.3. The fourth-order valence-electron chi connectivity index (χ4n) is 3.69. The summed E-state index contributed by atoms with van der Waals surface area (Å²) in [4.78, 5) is 26.5. The van der Waals surface area contributed by atoms with Crippen LogP contribution in [0.5, 0.6) is 5.75 Å². The van der Waals surface area contributed by atoms with Crippen LogP contribution in [0, 0.1) is 13.8 Å². The number of aryl methyl sites for hydroxylation is 2. The van der Waals surface area contributed by atoms with Crippen molar-refractivity contribution < 1.29 is 14.1 Å². The van der Waals surface area contributed by atoms with Crippen LogP contribution in [0.15, 0.2) is 51.8 Å². The lowest BCUT2D eigenvalue weighted by Crippen LogP contribution is -2.35. The Kier molecular flexibility index (Phi) is 6.20. The number of methoxy groups -OCH3 is 1. The Morgan fingerprint density at radius 1 is 1.21 bits per heavy atom. The summed E-state index contributed by atoms with van der Waals surface area (Å²) in [5.74, 6) is 0.783. The largest absolute Gasteiger partial charge is 0.497 e. The summed E-state index contributed by atoms with van der Waals surface area (Å²) >= 11 is 6.09. The molecule has 0 bridgehead atoms. The molecule has 8 nitrogen and oxygen atoms in total. The number of rotatable bonds is 6. The van der Waals surface area contributed by atoms with Crippen molar-refractivity contribution in [2.45, 2.75) is 33.2 Å². The van der Waals surface area contributed by atoms with E-state index in [1.54, 1.807) is 38.3 Å². The number of carbonyl (C=O) groups is 1. The Labute approximate surface area is 195 Å². The first-order valence-electron chi connectivity index (χ1n) is 10.4. The van der Waals surface area contributed by atoms with Gasteiger partial charge in [0.1, 0.15) is 23.2 Å². The molecule has 0 aliphatic carbocycles. The van der Waals surface area contributed by atoms with E-state index in [0.717, 1.165) is 11.1 Å². The fraction of sp³-hybridized carbons (Fsp3) is 0.250. The van der Waals surface area contributed by atoms with Gasteiger partial charge < -0.3 is 14.6 Å². The molecule has 0 radical (unpaired) electrons. The van der Waals surface area contributed by atoms with Gasteiger partial charge in [0.25, 0.3) is 5.56 Å². The number of aromatic nitrogens is 3. The van der Waals surface area contributed by atoms with Crippen LogP contribution in [-0.2, 0) is 4.79 Å². The molecule has 0 fully saturated rings. The van der Waals surface area contributed by atoms with E-state index in [4.69, 9.17) is 20.9 Å². The Morgan fingerprint density at radius 3 is 2.61 bits per heavy atom. The fourth-order valence-corrected chi connectivity index (χ4v) is 3.86. The number of anilines is 1. The lowest BCUT2D eigenvalue weighted by molar-refractivity contribution is -0.119. The van der Waals surface area contributed by atoms with Crippen LogP contribution in [0.3, 0.4) is 0 Å². The van der Waals surface area contributed by atoms with E-state index < -0.39 is 11.6 Å². The molecule has 0 aliphatic rings. The van der Waals surface area contributed by atoms with Crippen molar-refractivity contribution in [1.29, 1.82) is 0 Å². The molecule has 1 amide bonds. The van der Waals surface area contributed by atoms with Crippen LogP contribution >= 0.6 is 11.6 Å². The summed E-state index contributed by atoms with van der Waals surface area (Å²) in [6, 6.07) is 11.6. The summed E-state index contributed by atoms with van der Waals surface area (Å²) in [7, 11) is 1.59. The van der Waals surface area contributed by atoms with Gasteiger partial charge in [-0.25, -0.2) is 4.68 Å². The molecule has 4 rings (SSSR count). The Bertz CT molecular complexity index is 1390. The average molecular weight is 467 g/mol. The molecule has 33 heavy (non-hydrogen) atoms. The van der Waals surface area contributed by atoms with Crippen molar-refractivity contribution in [2.75, 3.05) is 12.4 Å². The van der Waals surface area contributed by atoms with Crippen molar-refractivity contribution in [3.05, 3.63) is 69.2 Å². The van der Waals surface area contributed by atoms with Gasteiger partial charge in [-0.2, -0.15) is 5.10 Å².